The molecular formula is C25H30O7. The molecule has 172 valence electrons. The maximum Gasteiger partial charge on any atom is 0.347 e. The molecule has 1 aromatic heterocycles. The highest BCUT2D eigenvalue weighted by Gasteiger charge is 2.18. The Labute approximate surface area is 187 Å². The Bertz CT molecular complexity index is 1100. The maximum atomic E-state index is 12.8. The first-order valence-electron chi connectivity index (χ1n) is 10.5. The van der Waals surface area contributed by atoms with Gasteiger partial charge in [0.1, 0.15) is 22.6 Å². The van der Waals surface area contributed by atoms with Gasteiger partial charge >= 0.3 is 11.6 Å². The molecule has 0 aliphatic rings. The third-order valence-corrected chi connectivity index (χ3v) is 4.33. The molecule has 3 aromatic rings. The largest absolute Gasteiger partial charge is 0.496 e. The van der Waals surface area contributed by atoms with Crippen LogP contribution in [0.1, 0.15) is 55.6 Å². The number of fused-ring (bicyclic) bond motifs is 1. The molecule has 0 spiro atoms. The van der Waals surface area contributed by atoms with Crippen LogP contribution < -0.4 is 15.1 Å². The van der Waals surface area contributed by atoms with E-state index in [-0.39, 0.29) is 17.6 Å². The van der Waals surface area contributed by atoms with Crippen LogP contribution in [0.3, 0.4) is 0 Å². The number of ether oxygens (including phenoxy) is 2. The second-order valence-electron chi connectivity index (χ2n) is 6.11. The van der Waals surface area contributed by atoms with Crippen molar-refractivity contribution in [2.24, 2.45) is 0 Å². The Balaban J connectivity index is 0.00000121. The summed E-state index contributed by atoms with van der Waals surface area (Å²) in [7, 11) is 2.95. The third-order valence-electron chi connectivity index (χ3n) is 4.33. The maximum absolute atomic E-state index is 12.8. The minimum absolute atomic E-state index is 0.00477. The molecule has 0 saturated heterocycles. The molecule has 3 rings (SSSR count). The van der Waals surface area contributed by atoms with Gasteiger partial charge in [0.05, 0.1) is 19.6 Å². The van der Waals surface area contributed by atoms with Crippen molar-refractivity contribution in [2.75, 3.05) is 14.2 Å². The summed E-state index contributed by atoms with van der Waals surface area (Å²) in [5.41, 5.74) is 0.468. The first kappa shape index (κ1) is 26.4. The van der Waals surface area contributed by atoms with Gasteiger partial charge in [-0.2, -0.15) is 0 Å². The number of rotatable bonds is 7. The fourth-order valence-corrected chi connectivity index (χ4v) is 2.84. The first-order chi connectivity index (χ1) is 15.4. The molecule has 0 aliphatic heterocycles. The van der Waals surface area contributed by atoms with Crippen LogP contribution in [0.15, 0.2) is 51.7 Å². The van der Waals surface area contributed by atoms with Gasteiger partial charge in [0.25, 0.3) is 0 Å². The molecule has 7 heteroatoms. The summed E-state index contributed by atoms with van der Waals surface area (Å²) < 4.78 is 15.8. The average molecular weight is 443 g/mol. The van der Waals surface area contributed by atoms with Crippen molar-refractivity contribution >= 4 is 22.7 Å². The highest BCUT2D eigenvalue weighted by Crippen LogP contribution is 2.31. The lowest BCUT2D eigenvalue weighted by molar-refractivity contribution is -0.136. The first-order valence-corrected chi connectivity index (χ1v) is 10.5. The molecule has 0 bridgehead atoms. The summed E-state index contributed by atoms with van der Waals surface area (Å²) in [4.78, 5) is 35.8. The third kappa shape index (κ3) is 6.44. The number of carbonyl (C=O) groups excluding carboxylic acids is 1. The zero-order valence-electron chi connectivity index (χ0n) is 19.4. The van der Waals surface area contributed by atoms with E-state index in [0.717, 1.165) is 5.56 Å². The molecule has 32 heavy (non-hydrogen) atoms. The Morgan fingerprint density at radius 1 is 0.938 bits per heavy atom. The number of hydrogen-bond acceptors (Lipinski definition) is 6. The zero-order valence-corrected chi connectivity index (χ0v) is 19.4. The van der Waals surface area contributed by atoms with Crippen LogP contribution in [-0.2, 0) is 11.2 Å². The fraction of sp³-hybridized carbons (Fsp3) is 0.320. The minimum atomic E-state index is -0.889. The van der Waals surface area contributed by atoms with Crippen LogP contribution in [0, 0.1) is 0 Å². The molecule has 0 amide bonds. The van der Waals surface area contributed by atoms with E-state index < -0.39 is 17.4 Å². The van der Waals surface area contributed by atoms with Crippen molar-refractivity contribution in [2.45, 2.75) is 40.5 Å². The smallest absolute Gasteiger partial charge is 0.347 e. The summed E-state index contributed by atoms with van der Waals surface area (Å²) in [5.74, 6) is -0.502. The lowest BCUT2D eigenvalue weighted by atomic mass is 10.0. The van der Waals surface area contributed by atoms with Gasteiger partial charge in [-0.1, -0.05) is 52.0 Å². The van der Waals surface area contributed by atoms with Crippen LogP contribution in [0.25, 0.3) is 11.0 Å². The number of aliphatic carboxylic acids is 1. The average Bonchev–Trinajstić information content (AvgIpc) is 2.83. The number of ketones is 1. The SMILES string of the molecule is CC.CC.COc1cc(OC)c2cc(C(=O)c3ccc(CCC(=O)O)cc3)c(=O)oc2c1. The summed E-state index contributed by atoms with van der Waals surface area (Å²) in [6.45, 7) is 8.00. The Morgan fingerprint density at radius 2 is 1.56 bits per heavy atom. The highest BCUT2D eigenvalue weighted by molar-refractivity contribution is 6.10. The molecule has 7 nitrogen and oxygen atoms in total. The van der Waals surface area contributed by atoms with Crippen LogP contribution in [0.4, 0.5) is 0 Å². The standard InChI is InChI=1S/C21H18O7.2C2H6/c1-26-14-9-17(27-2)15-11-16(21(25)28-18(15)10-14)20(24)13-6-3-12(4-7-13)5-8-19(22)23;2*1-2/h3-4,6-7,9-11H,5,8H2,1-2H3,(H,22,23);2*1-2H3. The molecule has 0 aliphatic carbocycles. The number of methoxy groups -OCH3 is 2. The molecular weight excluding hydrogens is 412 g/mol. The van der Waals surface area contributed by atoms with Crippen molar-refractivity contribution < 1.29 is 28.6 Å². The Morgan fingerprint density at radius 3 is 2.09 bits per heavy atom. The van der Waals surface area contributed by atoms with Crippen molar-refractivity contribution in [3.05, 3.63) is 69.6 Å². The van der Waals surface area contributed by atoms with E-state index in [4.69, 9.17) is 19.0 Å². The van der Waals surface area contributed by atoms with E-state index in [9.17, 15) is 14.4 Å². The monoisotopic (exact) mass is 442 g/mol. The molecule has 0 saturated carbocycles. The van der Waals surface area contributed by atoms with Crippen molar-refractivity contribution in [3.8, 4) is 11.5 Å². The minimum Gasteiger partial charge on any atom is -0.496 e. The van der Waals surface area contributed by atoms with Crippen molar-refractivity contribution in [1.29, 1.82) is 0 Å². The molecule has 0 radical (unpaired) electrons. The van der Waals surface area contributed by atoms with E-state index >= 15 is 0 Å². The van der Waals surface area contributed by atoms with Gasteiger partial charge < -0.3 is 19.0 Å². The van der Waals surface area contributed by atoms with E-state index in [1.165, 1.54) is 20.3 Å². The predicted molar refractivity (Wildman–Crippen MR) is 124 cm³/mol. The van der Waals surface area contributed by atoms with Crippen LogP contribution >= 0.6 is 0 Å². The summed E-state index contributed by atoms with van der Waals surface area (Å²) in [6, 6.07) is 11.1. The number of carboxylic acid groups (broad SMARTS) is 1. The van der Waals surface area contributed by atoms with Crippen LogP contribution in [0.2, 0.25) is 0 Å². The molecule has 1 heterocycles. The van der Waals surface area contributed by atoms with Crippen molar-refractivity contribution in [1.82, 2.24) is 0 Å². The summed E-state index contributed by atoms with van der Waals surface area (Å²) in [6.07, 6.45) is 0.367. The summed E-state index contributed by atoms with van der Waals surface area (Å²) >= 11 is 0. The van der Waals surface area contributed by atoms with Crippen LogP contribution in [-0.4, -0.2) is 31.1 Å². The van der Waals surface area contributed by atoms with Gasteiger partial charge in [-0.25, -0.2) is 4.79 Å². The lowest BCUT2D eigenvalue weighted by Gasteiger charge is -2.09. The van der Waals surface area contributed by atoms with E-state index in [0.29, 0.717) is 28.9 Å². The number of carbonyl (C=O) groups is 2. The topological polar surface area (TPSA) is 103 Å². The van der Waals surface area contributed by atoms with Gasteiger partial charge in [-0.3, -0.25) is 9.59 Å². The van der Waals surface area contributed by atoms with Gasteiger partial charge in [-0.15, -0.1) is 0 Å². The molecule has 0 fully saturated rings. The number of hydrogen-bond donors (Lipinski definition) is 1. The summed E-state index contributed by atoms with van der Waals surface area (Å²) in [5, 5.41) is 9.22. The predicted octanol–water partition coefficient (Wildman–Crippen LogP) is 5.11. The second-order valence-corrected chi connectivity index (χ2v) is 6.11. The zero-order chi connectivity index (χ0) is 24.3. The normalized spacial score (nSPS) is 9.69. The quantitative estimate of drug-likeness (QED) is 0.400. The second kappa shape index (κ2) is 12.9. The number of aryl methyl sites for hydroxylation is 1. The van der Waals surface area contributed by atoms with E-state index in [1.54, 1.807) is 36.4 Å². The van der Waals surface area contributed by atoms with Gasteiger partial charge in [0, 0.05) is 24.1 Å². The highest BCUT2D eigenvalue weighted by atomic mass is 16.5. The fourth-order valence-electron chi connectivity index (χ4n) is 2.84. The number of benzene rings is 2. The molecule has 0 unspecified atom stereocenters. The van der Waals surface area contributed by atoms with E-state index in [2.05, 4.69) is 0 Å². The Kier molecular flexibility index (Phi) is 10.7. The molecule has 0 atom stereocenters. The van der Waals surface area contributed by atoms with Gasteiger partial charge in [-0.05, 0) is 18.1 Å². The lowest BCUT2D eigenvalue weighted by Crippen LogP contribution is -2.15. The van der Waals surface area contributed by atoms with Gasteiger partial charge in [0.15, 0.2) is 5.78 Å². The van der Waals surface area contributed by atoms with E-state index in [1.807, 2.05) is 27.7 Å². The van der Waals surface area contributed by atoms with Crippen LogP contribution in [0.5, 0.6) is 11.5 Å². The molecule has 2 aromatic carbocycles. The Hall–Kier alpha value is -3.61. The molecule has 1 N–H and O–H groups in total. The van der Waals surface area contributed by atoms with Crippen molar-refractivity contribution in [3.63, 3.8) is 0 Å². The number of carboxylic acids is 1. The van der Waals surface area contributed by atoms with Gasteiger partial charge in [0.2, 0.25) is 0 Å².